The van der Waals surface area contributed by atoms with Crippen molar-refractivity contribution in [3.05, 3.63) is 58.9 Å². The second kappa shape index (κ2) is 9.26. The van der Waals surface area contributed by atoms with Crippen molar-refractivity contribution in [1.29, 1.82) is 0 Å². The summed E-state index contributed by atoms with van der Waals surface area (Å²) in [4.78, 5) is 18.8. The number of para-hydroxylation sites is 2. The summed E-state index contributed by atoms with van der Waals surface area (Å²) in [5.74, 6) is -0.415. The van der Waals surface area contributed by atoms with E-state index < -0.39 is 5.82 Å². The number of anilines is 2. The Hall–Kier alpha value is -2.31. The smallest absolute Gasteiger partial charge is 0.321 e. The Bertz CT molecular complexity index is 804. The van der Waals surface area contributed by atoms with E-state index in [2.05, 4.69) is 22.0 Å². The molecule has 28 heavy (non-hydrogen) atoms. The Kier molecular flexibility index (Phi) is 6.75. The lowest BCUT2D eigenvalue weighted by atomic mass is 10.2. The van der Waals surface area contributed by atoms with Gasteiger partial charge in [-0.1, -0.05) is 36.7 Å². The normalized spacial score (nSPS) is 14.8. The number of halogens is 2. The van der Waals surface area contributed by atoms with E-state index in [1.165, 1.54) is 11.0 Å². The van der Waals surface area contributed by atoms with Gasteiger partial charge in [-0.2, -0.15) is 0 Å². The summed E-state index contributed by atoms with van der Waals surface area (Å²) < 4.78 is 14.0. The lowest BCUT2D eigenvalue weighted by molar-refractivity contribution is 0.220. The third-order valence-corrected chi connectivity index (χ3v) is 5.46. The topological polar surface area (TPSA) is 38.8 Å². The molecule has 2 aromatic rings. The van der Waals surface area contributed by atoms with Crippen LogP contribution in [0.2, 0.25) is 5.02 Å². The zero-order chi connectivity index (χ0) is 20.1. The van der Waals surface area contributed by atoms with Crippen LogP contribution in [0.1, 0.15) is 12.5 Å². The van der Waals surface area contributed by atoms with Crippen molar-refractivity contribution in [2.75, 3.05) is 50.0 Å². The third kappa shape index (κ3) is 4.75. The first kappa shape index (κ1) is 20.4. The van der Waals surface area contributed by atoms with Gasteiger partial charge in [-0.25, -0.2) is 9.18 Å². The Labute approximate surface area is 170 Å². The molecule has 1 fully saturated rings. The van der Waals surface area contributed by atoms with Crippen LogP contribution in [0.15, 0.2) is 42.5 Å². The van der Waals surface area contributed by atoms with E-state index in [-0.39, 0.29) is 12.6 Å². The maximum absolute atomic E-state index is 14.0. The van der Waals surface area contributed by atoms with Gasteiger partial charge in [0.15, 0.2) is 0 Å². The fraction of sp³-hybridized carbons (Fsp3) is 0.381. The van der Waals surface area contributed by atoms with Crippen molar-refractivity contribution in [2.24, 2.45) is 0 Å². The van der Waals surface area contributed by atoms with Crippen molar-refractivity contribution in [2.45, 2.75) is 13.5 Å². The van der Waals surface area contributed by atoms with Crippen LogP contribution in [0.4, 0.5) is 20.6 Å². The number of amides is 2. The van der Waals surface area contributed by atoms with Gasteiger partial charge in [-0.05, 0) is 30.8 Å². The number of nitrogens with zero attached hydrogens (tertiary/aromatic N) is 3. The first-order valence-corrected chi connectivity index (χ1v) is 9.88. The summed E-state index contributed by atoms with van der Waals surface area (Å²) in [6.07, 6.45) is 0. The molecule has 0 saturated carbocycles. The Balaban J connectivity index is 1.69. The van der Waals surface area contributed by atoms with Crippen molar-refractivity contribution in [1.82, 2.24) is 9.80 Å². The number of likely N-dealkylation sites (N-methyl/N-ethyl adjacent to an activating group) is 1. The maximum Gasteiger partial charge on any atom is 0.321 e. The molecule has 150 valence electrons. The van der Waals surface area contributed by atoms with E-state index in [4.69, 9.17) is 11.6 Å². The monoisotopic (exact) mass is 404 g/mol. The largest absolute Gasteiger partial charge is 0.367 e. The minimum Gasteiger partial charge on any atom is -0.367 e. The first-order chi connectivity index (χ1) is 13.5. The lowest BCUT2D eigenvalue weighted by Gasteiger charge is -2.36. The molecule has 3 rings (SSSR count). The van der Waals surface area contributed by atoms with Gasteiger partial charge in [0, 0.05) is 43.8 Å². The standard InChI is InChI=1S/C21H26ClFN4O/c1-3-26-11-13-27(14-12-26)20-10-5-4-9-19(20)24-21(28)25(2)15-16-17(22)7-6-8-18(16)23/h4-10H,3,11-15H2,1-2H3,(H,24,28). The summed E-state index contributed by atoms with van der Waals surface area (Å²) in [5.41, 5.74) is 2.07. The van der Waals surface area contributed by atoms with Crippen LogP contribution in [0.5, 0.6) is 0 Å². The van der Waals surface area contributed by atoms with Crippen LogP contribution in [0.25, 0.3) is 0 Å². The van der Waals surface area contributed by atoms with Crippen molar-refractivity contribution in [3.63, 3.8) is 0 Å². The van der Waals surface area contributed by atoms with Gasteiger partial charge in [0.05, 0.1) is 17.9 Å². The predicted octanol–water partition coefficient (Wildman–Crippen LogP) is 4.28. The molecule has 0 unspecified atom stereocenters. The van der Waals surface area contributed by atoms with Crippen LogP contribution in [-0.4, -0.2) is 55.6 Å². The summed E-state index contributed by atoms with van der Waals surface area (Å²) >= 11 is 6.08. The molecule has 7 heteroatoms. The molecular weight excluding hydrogens is 379 g/mol. The van der Waals surface area contributed by atoms with E-state index in [0.717, 1.165) is 44.1 Å². The third-order valence-electron chi connectivity index (χ3n) is 5.11. The van der Waals surface area contributed by atoms with Crippen LogP contribution in [-0.2, 0) is 6.54 Å². The van der Waals surface area contributed by atoms with Gasteiger partial charge < -0.3 is 20.0 Å². The van der Waals surface area contributed by atoms with E-state index >= 15 is 0 Å². The molecule has 2 aromatic carbocycles. The molecule has 0 radical (unpaired) electrons. The molecule has 1 aliphatic rings. The van der Waals surface area contributed by atoms with E-state index in [0.29, 0.717) is 10.6 Å². The molecule has 0 bridgehead atoms. The molecule has 0 atom stereocenters. The van der Waals surface area contributed by atoms with Gasteiger partial charge in [0.25, 0.3) is 0 Å². The number of nitrogens with one attached hydrogen (secondary N) is 1. The highest BCUT2D eigenvalue weighted by Gasteiger charge is 2.20. The molecule has 1 heterocycles. The molecule has 0 spiro atoms. The highest BCUT2D eigenvalue weighted by Crippen LogP contribution is 2.27. The minimum absolute atomic E-state index is 0.0919. The quantitative estimate of drug-likeness (QED) is 0.808. The maximum atomic E-state index is 14.0. The van der Waals surface area contributed by atoms with Gasteiger partial charge in [0.2, 0.25) is 0 Å². The van der Waals surface area contributed by atoms with Crippen molar-refractivity contribution >= 4 is 29.0 Å². The minimum atomic E-state index is -0.415. The molecule has 1 saturated heterocycles. The van der Waals surface area contributed by atoms with Crippen molar-refractivity contribution in [3.8, 4) is 0 Å². The summed E-state index contributed by atoms with van der Waals surface area (Å²) in [6, 6.07) is 12.0. The van der Waals surface area contributed by atoms with Gasteiger partial charge in [0.1, 0.15) is 5.82 Å². The number of carbonyl (C=O) groups is 1. The average Bonchev–Trinajstić information content (AvgIpc) is 2.71. The summed E-state index contributed by atoms with van der Waals surface area (Å²) in [7, 11) is 1.63. The fourth-order valence-electron chi connectivity index (χ4n) is 3.36. The average molecular weight is 405 g/mol. The Morgan fingerprint density at radius 3 is 2.54 bits per heavy atom. The predicted molar refractivity (Wildman–Crippen MR) is 113 cm³/mol. The number of urea groups is 1. The zero-order valence-corrected chi connectivity index (χ0v) is 17.0. The number of piperazine rings is 1. The second-order valence-electron chi connectivity index (χ2n) is 6.92. The SMILES string of the molecule is CCN1CCN(c2ccccc2NC(=O)N(C)Cc2c(F)cccc2Cl)CC1. The molecule has 1 aliphatic heterocycles. The molecule has 0 aliphatic carbocycles. The van der Waals surface area contributed by atoms with Gasteiger partial charge in [-0.3, -0.25) is 0 Å². The van der Waals surface area contributed by atoms with Gasteiger partial charge in [-0.15, -0.1) is 0 Å². The molecule has 1 N–H and O–H groups in total. The molecule has 0 aromatic heterocycles. The number of hydrogen-bond donors (Lipinski definition) is 1. The van der Waals surface area contributed by atoms with Crippen LogP contribution < -0.4 is 10.2 Å². The van der Waals surface area contributed by atoms with Crippen LogP contribution in [0, 0.1) is 5.82 Å². The zero-order valence-electron chi connectivity index (χ0n) is 16.3. The number of benzene rings is 2. The first-order valence-electron chi connectivity index (χ1n) is 9.51. The number of carbonyl (C=O) groups excluding carboxylic acids is 1. The fourth-order valence-corrected chi connectivity index (χ4v) is 3.59. The second-order valence-corrected chi connectivity index (χ2v) is 7.33. The molecule has 2 amide bonds. The molecular formula is C21H26ClFN4O. The Morgan fingerprint density at radius 2 is 1.86 bits per heavy atom. The van der Waals surface area contributed by atoms with E-state index in [1.54, 1.807) is 19.2 Å². The number of hydrogen-bond acceptors (Lipinski definition) is 3. The highest BCUT2D eigenvalue weighted by atomic mass is 35.5. The lowest BCUT2D eigenvalue weighted by Crippen LogP contribution is -2.46. The summed E-state index contributed by atoms with van der Waals surface area (Å²) in [6.45, 7) is 7.16. The Morgan fingerprint density at radius 1 is 1.14 bits per heavy atom. The number of rotatable bonds is 5. The molecule has 5 nitrogen and oxygen atoms in total. The van der Waals surface area contributed by atoms with Gasteiger partial charge >= 0.3 is 6.03 Å². The summed E-state index contributed by atoms with van der Waals surface area (Å²) in [5, 5.41) is 3.27. The van der Waals surface area contributed by atoms with Crippen molar-refractivity contribution < 1.29 is 9.18 Å². The van der Waals surface area contributed by atoms with Crippen LogP contribution >= 0.6 is 11.6 Å². The van der Waals surface area contributed by atoms with E-state index in [1.807, 2.05) is 24.3 Å². The van der Waals surface area contributed by atoms with Crippen LogP contribution in [0.3, 0.4) is 0 Å². The highest BCUT2D eigenvalue weighted by molar-refractivity contribution is 6.31. The van der Waals surface area contributed by atoms with E-state index in [9.17, 15) is 9.18 Å².